The average Bonchev–Trinajstić information content (AvgIpc) is 2.49. The van der Waals surface area contributed by atoms with Gasteiger partial charge in [-0.05, 0) is 24.6 Å². The summed E-state index contributed by atoms with van der Waals surface area (Å²) in [7, 11) is 1.88. The van der Waals surface area contributed by atoms with Gasteiger partial charge in [-0.3, -0.25) is 0 Å². The first-order valence-corrected chi connectivity index (χ1v) is 6.58. The van der Waals surface area contributed by atoms with Crippen LogP contribution in [-0.4, -0.2) is 34.7 Å². The van der Waals surface area contributed by atoms with Crippen molar-refractivity contribution < 1.29 is 14.6 Å². The SMILES string of the molecule is CCOc1ccc(CN(C)c2cnc(C(=O)O)cn2)cc1. The topological polar surface area (TPSA) is 75.5 Å². The zero-order valence-corrected chi connectivity index (χ0v) is 12.0. The molecule has 0 unspecified atom stereocenters. The van der Waals surface area contributed by atoms with Crippen LogP contribution in [0.3, 0.4) is 0 Å². The Balaban J connectivity index is 2.03. The summed E-state index contributed by atoms with van der Waals surface area (Å²) in [6, 6.07) is 7.82. The molecule has 1 aromatic heterocycles. The predicted molar refractivity (Wildman–Crippen MR) is 78.7 cm³/mol. The van der Waals surface area contributed by atoms with Crippen molar-refractivity contribution in [3.8, 4) is 5.75 Å². The van der Waals surface area contributed by atoms with Crippen LogP contribution >= 0.6 is 0 Å². The molecular formula is C15H17N3O3. The van der Waals surface area contributed by atoms with Crippen LogP contribution in [0.1, 0.15) is 23.0 Å². The summed E-state index contributed by atoms with van der Waals surface area (Å²) in [5.74, 6) is 0.381. The van der Waals surface area contributed by atoms with Crippen molar-refractivity contribution in [2.24, 2.45) is 0 Å². The summed E-state index contributed by atoms with van der Waals surface area (Å²) in [6.45, 7) is 3.24. The fraction of sp³-hybridized carbons (Fsp3) is 0.267. The fourth-order valence-corrected chi connectivity index (χ4v) is 1.84. The Labute approximate surface area is 123 Å². The third kappa shape index (κ3) is 3.92. The number of rotatable bonds is 6. The Bertz CT molecular complexity index is 597. The lowest BCUT2D eigenvalue weighted by Gasteiger charge is -2.18. The largest absolute Gasteiger partial charge is 0.494 e. The van der Waals surface area contributed by atoms with Crippen LogP contribution in [0.15, 0.2) is 36.7 Å². The number of carboxylic acids is 1. The van der Waals surface area contributed by atoms with Crippen molar-refractivity contribution in [2.45, 2.75) is 13.5 Å². The van der Waals surface area contributed by atoms with Gasteiger partial charge in [-0.15, -0.1) is 0 Å². The van der Waals surface area contributed by atoms with E-state index < -0.39 is 5.97 Å². The van der Waals surface area contributed by atoms with Crippen LogP contribution in [0, 0.1) is 0 Å². The normalized spacial score (nSPS) is 10.2. The average molecular weight is 287 g/mol. The maximum atomic E-state index is 10.7. The molecule has 0 amide bonds. The van der Waals surface area contributed by atoms with E-state index in [1.807, 2.05) is 43.1 Å². The highest BCUT2D eigenvalue weighted by Crippen LogP contribution is 2.15. The van der Waals surface area contributed by atoms with Crippen LogP contribution in [0.25, 0.3) is 0 Å². The molecule has 1 N–H and O–H groups in total. The third-order valence-corrected chi connectivity index (χ3v) is 2.90. The molecule has 1 heterocycles. The maximum Gasteiger partial charge on any atom is 0.356 e. The molecule has 0 aliphatic rings. The molecule has 6 heteroatoms. The minimum Gasteiger partial charge on any atom is -0.494 e. The van der Waals surface area contributed by atoms with E-state index in [0.717, 1.165) is 11.3 Å². The first kappa shape index (κ1) is 14.8. The quantitative estimate of drug-likeness (QED) is 0.878. The van der Waals surface area contributed by atoms with Gasteiger partial charge >= 0.3 is 5.97 Å². The van der Waals surface area contributed by atoms with Crippen molar-refractivity contribution in [1.82, 2.24) is 9.97 Å². The van der Waals surface area contributed by atoms with Crippen LogP contribution in [-0.2, 0) is 6.54 Å². The van der Waals surface area contributed by atoms with E-state index in [1.165, 1.54) is 12.4 Å². The minimum atomic E-state index is -1.08. The summed E-state index contributed by atoms with van der Waals surface area (Å²) in [5.41, 5.74) is 1.04. The van der Waals surface area contributed by atoms with E-state index in [0.29, 0.717) is 19.0 Å². The van der Waals surface area contributed by atoms with Gasteiger partial charge in [0.05, 0.1) is 19.0 Å². The molecule has 110 valence electrons. The Morgan fingerprint density at radius 3 is 2.48 bits per heavy atom. The Kier molecular flexibility index (Phi) is 4.71. The molecule has 0 bridgehead atoms. The lowest BCUT2D eigenvalue weighted by Crippen LogP contribution is -2.18. The van der Waals surface area contributed by atoms with Gasteiger partial charge in [-0.25, -0.2) is 14.8 Å². The number of carboxylic acid groups (broad SMARTS) is 1. The van der Waals surface area contributed by atoms with E-state index in [1.54, 1.807) is 0 Å². The first-order valence-electron chi connectivity index (χ1n) is 6.58. The number of ether oxygens (including phenoxy) is 1. The molecule has 1 aromatic carbocycles. The molecule has 0 aliphatic carbocycles. The van der Waals surface area contributed by atoms with Crippen LogP contribution < -0.4 is 9.64 Å². The van der Waals surface area contributed by atoms with Gasteiger partial charge in [0.1, 0.15) is 11.6 Å². The fourth-order valence-electron chi connectivity index (χ4n) is 1.84. The van der Waals surface area contributed by atoms with Crippen molar-refractivity contribution in [1.29, 1.82) is 0 Å². The van der Waals surface area contributed by atoms with Crippen molar-refractivity contribution in [3.63, 3.8) is 0 Å². The molecule has 0 spiro atoms. The van der Waals surface area contributed by atoms with Gasteiger partial charge in [-0.1, -0.05) is 12.1 Å². The number of aromatic carboxylic acids is 1. The van der Waals surface area contributed by atoms with E-state index in [4.69, 9.17) is 9.84 Å². The summed E-state index contributed by atoms with van der Waals surface area (Å²) >= 11 is 0. The molecule has 0 atom stereocenters. The van der Waals surface area contributed by atoms with Gasteiger partial charge in [0.2, 0.25) is 0 Å². The highest BCUT2D eigenvalue weighted by molar-refractivity contribution is 5.84. The van der Waals surface area contributed by atoms with Gasteiger partial charge in [0, 0.05) is 13.6 Å². The first-order chi connectivity index (χ1) is 10.1. The summed E-state index contributed by atoms with van der Waals surface area (Å²) in [6.07, 6.45) is 2.71. The molecule has 0 fully saturated rings. The predicted octanol–water partition coefficient (Wildman–Crippen LogP) is 2.21. The third-order valence-electron chi connectivity index (χ3n) is 2.90. The molecule has 0 aliphatic heterocycles. The van der Waals surface area contributed by atoms with Crippen LogP contribution in [0.5, 0.6) is 5.75 Å². The highest BCUT2D eigenvalue weighted by Gasteiger charge is 2.08. The molecular weight excluding hydrogens is 270 g/mol. The Morgan fingerprint density at radius 1 is 1.24 bits per heavy atom. The van der Waals surface area contributed by atoms with Gasteiger partial charge in [0.25, 0.3) is 0 Å². The number of benzene rings is 1. The smallest absolute Gasteiger partial charge is 0.356 e. The number of hydrogen-bond acceptors (Lipinski definition) is 5. The summed E-state index contributed by atoms with van der Waals surface area (Å²) in [5, 5.41) is 8.79. The monoisotopic (exact) mass is 287 g/mol. The standard InChI is InChI=1S/C15H17N3O3/c1-3-21-12-6-4-11(5-7-12)10-18(2)14-9-16-13(8-17-14)15(19)20/h4-9H,3,10H2,1-2H3,(H,19,20). The summed E-state index contributed by atoms with van der Waals surface area (Å²) in [4.78, 5) is 20.6. The second-order valence-corrected chi connectivity index (χ2v) is 4.50. The van der Waals surface area contributed by atoms with E-state index in [-0.39, 0.29) is 5.69 Å². The van der Waals surface area contributed by atoms with Crippen LogP contribution in [0.4, 0.5) is 5.82 Å². The van der Waals surface area contributed by atoms with Crippen molar-refractivity contribution in [3.05, 3.63) is 47.9 Å². The number of carbonyl (C=O) groups is 1. The minimum absolute atomic E-state index is 0.0618. The number of anilines is 1. The number of nitrogens with zero attached hydrogens (tertiary/aromatic N) is 3. The molecule has 21 heavy (non-hydrogen) atoms. The molecule has 2 rings (SSSR count). The lowest BCUT2D eigenvalue weighted by atomic mass is 10.2. The molecule has 0 saturated heterocycles. The highest BCUT2D eigenvalue weighted by atomic mass is 16.5. The second kappa shape index (κ2) is 6.69. The van der Waals surface area contributed by atoms with Crippen molar-refractivity contribution >= 4 is 11.8 Å². The zero-order chi connectivity index (χ0) is 15.2. The van der Waals surface area contributed by atoms with Crippen LogP contribution in [0.2, 0.25) is 0 Å². The summed E-state index contributed by atoms with van der Waals surface area (Å²) < 4.78 is 5.39. The molecule has 0 saturated carbocycles. The van der Waals surface area contributed by atoms with Crippen molar-refractivity contribution in [2.75, 3.05) is 18.6 Å². The molecule has 2 aromatic rings. The second-order valence-electron chi connectivity index (χ2n) is 4.50. The van der Waals surface area contributed by atoms with Gasteiger partial charge in [0.15, 0.2) is 5.69 Å². The number of hydrogen-bond donors (Lipinski definition) is 1. The Hall–Kier alpha value is -2.63. The van der Waals surface area contributed by atoms with Gasteiger partial charge in [-0.2, -0.15) is 0 Å². The zero-order valence-electron chi connectivity index (χ0n) is 12.0. The molecule has 6 nitrogen and oxygen atoms in total. The number of aromatic nitrogens is 2. The molecule has 0 radical (unpaired) electrons. The lowest BCUT2D eigenvalue weighted by molar-refractivity contribution is 0.0690. The van der Waals surface area contributed by atoms with E-state index in [9.17, 15) is 4.79 Å². The van der Waals surface area contributed by atoms with Gasteiger partial charge < -0.3 is 14.7 Å². The van der Waals surface area contributed by atoms with E-state index >= 15 is 0 Å². The maximum absolute atomic E-state index is 10.7. The Morgan fingerprint density at radius 2 is 1.95 bits per heavy atom. The van der Waals surface area contributed by atoms with E-state index in [2.05, 4.69) is 9.97 Å².